The van der Waals surface area contributed by atoms with Crippen molar-refractivity contribution in [2.24, 2.45) is 0 Å². The van der Waals surface area contributed by atoms with Crippen LogP contribution in [0.1, 0.15) is 23.0 Å². The van der Waals surface area contributed by atoms with E-state index in [2.05, 4.69) is 5.32 Å². The lowest BCUT2D eigenvalue weighted by molar-refractivity contribution is -0.122. The Morgan fingerprint density at radius 3 is 2.50 bits per heavy atom. The minimum atomic E-state index is -0.998. The Bertz CT molecular complexity index is 848. The lowest BCUT2D eigenvalue weighted by Gasteiger charge is -2.05. The van der Waals surface area contributed by atoms with Crippen LogP contribution >= 0.6 is 0 Å². The fraction of sp³-hybridized carbons (Fsp3) is 0.118. The van der Waals surface area contributed by atoms with Gasteiger partial charge in [-0.1, -0.05) is 12.1 Å². The van der Waals surface area contributed by atoms with Crippen LogP contribution in [0.5, 0.6) is 0 Å². The number of aromatic carboxylic acids is 1. The van der Waals surface area contributed by atoms with Crippen LogP contribution in [0, 0.1) is 0 Å². The molecule has 0 aliphatic carbocycles. The fourth-order valence-corrected chi connectivity index (χ4v) is 2.36. The molecule has 1 saturated heterocycles. The van der Waals surface area contributed by atoms with Gasteiger partial charge in [-0.15, -0.1) is 0 Å². The second-order valence-electron chi connectivity index (χ2n) is 5.12. The minimum Gasteiger partial charge on any atom is -0.478 e. The van der Waals surface area contributed by atoms with Gasteiger partial charge in [-0.2, -0.15) is 0 Å². The summed E-state index contributed by atoms with van der Waals surface area (Å²) in [6.07, 6.45) is 1.46. The van der Waals surface area contributed by atoms with E-state index < -0.39 is 17.9 Å². The van der Waals surface area contributed by atoms with E-state index in [1.54, 1.807) is 31.2 Å². The van der Waals surface area contributed by atoms with Gasteiger partial charge in [0.1, 0.15) is 17.2 Å². The van der Waals surface area contributed by atoms with Gasteiger partial charge >= 0.3 is 12.0 Å². The fourth-order valence-electron chi connectivity index (χ4n) is 2.36. The highest BCUT2D eigenvalue weighted by Gasteiger charge is 2.32. The molecule has 2 N–H and O–H groups in total. The van der Waals surface area contributed by atoms with E-state index in [0.29, 0.717) is 23.6 Å². The van der Waals surface area contributed by atoms with E-state index in [0.717, 1.165) is 4.90 Å². The van der Waals surface area contributed by atoms with E-state index in [1.165, 1.54) is 18.2 Å². The highest BCUT2D eigenvalue weighted by atomic mass is 16.4. The number of carbonyl (C=O) groups is 3. The van der Waals surface area contributed by atoms with Crippen molar-refractivity contribution in [3.05, 3.63) is 53.4 Å². The van der Waals surface area contributed by atoms with E-state index in [1.807, 2.05) is 0 Å². The normalized spacial score (nSPS) is 15.9. The molecule has 2 aromatic rings. The molecule has 1 aromatic carbocycles. The Morgan fingerprint density at radius 2 is 1.92 bits per heavy atom. The van der Waals surface area contributed by atoms with Crippen molar-refractivity contribution in [1.82, 2.24) is 10.2 Å². The standard InChI is InChI=1S/C17H14N2O5/c1-2-19-15(20)13(18-17(19)23)9-12-7-8-14(24-12)10-3-5-11(6-4-10)16(21)22/h3-9H,2H2,1H3,(H,18,23)(H,21,22)/b13-9-. The first-order valence-corrected chi connectivity index (χ1v) is 7.27. The lowest BCUT2D eigenvalue weighted by Crippen LogP contribution is -2.30. The third kappa shape index (κ3) is 2.79. The van der Waals surface area contributed by atoms with Gasteiger partial charge in [-0.25, -0.2) is 9.59 Å². The summed E-state index contributed by atoms with van der Waals surface area (Å²) in [7, 11) is 0. The molecule has 2 heterocycles. The monoisotopic (exact) mass is 326 g/mol. The van der Waals surface area contributed by atoms with Gasteiger partial charge in [0.2, 0.25) is 0 Å². The molecule has 1 aliphatic heterocycles. The predicted molar refractivity (Wildman–Crippen MR) is 85.0 cm³/mol. The summed E-state index contributed by atoms with van der Waals surface area (Å²) in [5, 5.41) is 11.4. The lowest BCUT2D eigenvalue weighted by atomic mass is 10.1. The van der Waals surface area contributed by atoms with E-state index >= 15 is 0 Å². The average molecular weight is 326 g/mol. The van der Waals surface area contributed by atoms with Crippen molar-refractivity contribution >= 4 is 24.0 Å². The maximum Gasteiger partial charge on any atom is 0.335 e. The SMILES string of the molecule is CCN1C(=O)N/C(=C\c2ccc(-c3ccc(C(=O)O)cc3)o2)C1=O. The molecular weight excluding hydrogens is 312 g/mol. The molecule has 0 unspecified atom stereocenters. The second-order valence-corrected chi connectivity index (χ2v) is 5.12. The Labute approximate surface area is 137 Å². The van der Waals surface area contributed by atoms with Crippen molar-refractivity contribution in [1.29, 1.82) is 0 Å². The summed E-state index contributed by atoms with van der Waals surface area (Å²) in [6.45, 7) is 2.01. The Balaban J connectivity index is 1.83. The van der Waals surface area contributed by atoms with E-state index in [9.17, 15) is 14.4 Å². The third-order valence-corrected chi connectivity index (χ3v) is 3.61. The Kier molecular flexibility index (Phi) is 3.91. The van der Waals surface area contributed by atoms with Gasteiger partial charge in [0.05, 0.1) is 5.56 Å². The van der Waals surface area contributed by atoms with Crippen LogP contribution in [-0.2, 0) is 4.79 Å². The number of carboxylic acids is 1. The van der Waals surface area contributed by atoms with Gasteiger partial charge in [0.25, 0.3) is 5.91 Å². The summed E-state index contributed by atoms with van der Waals surface area (Å²) in [6, 6.07) is 9.17. The van der Waals surface area contributed by atoms with E-state index in [-0.39, 0.29) is 11.3 Å². The number of rotatable bonds is 4. The number of carbonyl (C=O) groups excluding carboxylic acids is 2. The second kappa shape index (κ2) is 6.04. The molecular formula is C17H14N2O5. The summed E-state index contributed by atoms with van der Waals surface area (Å²) in [4.78, 5) is 35.6. The molecule has 0 spiro atoms. The molecule has 24 heavy (non-hydrogen) atoms. The van der Waals surface area contributed by atoms with Crippen molar-refractivity contribution in [2.45, 2.75) is 6.92 Å². The van der Waals surface area contributed by atoms with Crippen LogP contribution in [0.4, 0.5) is 4.79 Å². The number of hydrogen-bond acceptors (Lipinski definition) is 4. The van der Waals surface area contributed by atoms with Crippen LogP contribution in [-0.4, -0.2) is 34.5 Å². The van der Waals surface area contributed by atoms with Crippen molar-refractivity contribution in [3.63, 3.8) is 0 Å². The number of carboxylic acid groups (broad SMARTS) is 1. The highest BCUT2D eigenvalue weighted by Crippen LogP contribution is 2.24. The Morgan fingerprint density at radius 1 is 1.21 bits per heavy atom. The molecule has 7 heteroatoms. The van der Waals surface area contributed by atoms with Gasteiger partial charge in [0, 0.05) is 18.2 Å². The molecule has 3 rings (SSSR count). The predicted octanol–water partition coefficient (Wildman–Crippen LogP) is 2.56. The zero-order valence-electron chi connectivity index (χ0n) is 12.8. The molecule has 1 fully saturated rings. The molecule has 3 amide bonds. The maximum atomic E-state index is 12.0. The maximum absolute atomic E-state index is 12.0. The van der Waals surface area contributed by atoms with Crippen LogP contribution in [0.2, 0.25) is 0 Å². The number of hydrogen-bond donors (Lipinski definition) is 2. The third-order valence-electron chi connectivity index (χ3n) is 3.61. The molecule has 1 aliphatic rings. The highest BCUT2D eigenvalue weighted by molar-refractivity contribution is 6.13. The van der Waals surface area contributed by atoms with Crippen molar-refractivity contribution in [3.8, 4) is 11.3 Å². The Hall–Kier alpha value is -3.35. The zero-order valence-corrected chi connectivity index (χ0v) is 12.8. The molecule has 1 aromatic heterocycles. The van der Waals surface area contributed by atoms with Gasteiger partial charge in [-0.05, 0) is 31.2 Å². The number of amides is 3. The van der Waals surface area contributed by atoms with Gasteiger partial charge < -0.3 is 14.8 Å². The van der Waals surface area contributed by atoms with Crippen molar-refractivity contribution < 1.29 is 23.9 Å². The first-order valence-electron chi connectivity index (χ1n) is 7.27. The smallest absolute Gasteiger partial charge is 0.335 e. The molecule has 0 radical (unpaired) electrons. The molecule has 0 saturated carbocycles. The average Bonchev–Trinajstić information content (AvgIpc) is 3.13. The number of imide groups is 1. The number of nitrogens with one attached hydrogen (secondary N) is 1. The van der Waals surface area contributed by atoms with Gasteiger partial charge in [0.15, 0.2) is 0 Å². The van der Waals surface area contributed by atoms with Crippen LogP contribution < -0.4 is 5.32 Å². The first kappa shape index (κ1) is 15.5. The summed E-state index contributed by atoms with van der Waals surface area (Å²) >= 11 is 0. The molecule has 0 atom stereocenters. The summed E-state index contributed by atoms with van der Waals surface area (Å²) in [5.41, 5.74) is 1.05. The van der Waals surface area contributed by atoms with Crippen LogP contribution in [0.15, 0.2) is 46.5 Å². The number of furan rings is 1. The number of benzene rings is 1. The van der Waals surface area contributed by atoms with E-state index in [4.69, 9.17) is 9.52 Å². The zero-order chi connectivity index (χ0) is 17.3. The van der Waals surface area contributed by atoms with Crippen LogP contribution in [0.25, 0.3) is 17.4 Å². The minimum absolute atomic E-state index is 0.156. The summed E-state index contributed by atoms with van der Waals surface area (Å²) in [5.74, 6) is -0.453. The van der Waals surface area contributed by atoms with Crippen molar-refractivity contribution in [2.75, 3.05) is 6.54 Å². The first-order chi connectivity index (χ1) is 11.5. The topological polar surface area (TPSA) is 99.8 Å². The quantitative estimate of drug-likeness (QED) is 0.664. The number of urea groups is 1. The largest absolute Gasteiger partial charge is 0.478 e. The molecule has 7 nitrogen and oxygen atoms in total. The van der Waals surface area contributed by atoms with Crippen LogP contribution in [0.3, 0.4) is 0 Å². The number of nitrogens with zero attached hydrogens (tertiary/aromatic N) is 1. The molecule has 0 bridgehead atoms. The summed E-state index contributed by atoms with van der Waals surface area (Å²) < 4.78 is 5.64. The van der Waals surface area contributed by atoms with Gasteiger partial charge in [-0.3, -0.25) is 9.69 Å². The number of likely N-dealkylation sites (N-methyl/N-ethyl adjacent to an activating group) is 1. The molecule has 122 valence electrons.